The van der Waals surface area contributed by atoms with Crippen molar-refractivity contribution in [1.29, 1.82) is 15.8 Å². The van der Waals surface area contributed by atoms with Gasteiger partial charge < -0.3 is 0 Å². The molecule has 0 atom stereocenters. The number of fused-ring (bicyclic) bond motifs is 7. The van der Waals surface area contributed by atoms with Crippen LogP contribution in [0.2, 0.25) is 12.1 Å². The molecule has 1 spiro atoms. The lowest BCUT2D eigenvalue weighted by molar-refractivity contribution is 0.103. The number of allylic oxidation sites excluding steroid dienone is 6. The van der Waals surface area contributed by atoms with E-state index in [1.807, 2.05) is 6.07 Å². The molecule has 1 fully saturated rings. The molecule has 0 N–H and O–H groups in total. The second-order valence-corrected chi connectivity index (χ2v) is 19.2. The normalized spacial score (nSPS) is 18.8. The molecule has 2 aromatic heterocycles. The number of hydrogen-bond donors (Lipinski definition) is 0. The van der Waals surface area contributed by atoms with Gasteiger partial charge in [-0.25, -0.2) is 17.6 Å². The maximum atomic E-state index is 14.4. The van der Waals surface area contributed by atoms with E-state index in [1.165, 1.54) is 33.0 Å². The smallest absolute Gasteiger partial charge is 0.194 e. The highest BCUT2D eigenvalue weighted by Crippen LogP contribution is 2.48. The van der Waals surface area contributed by atoms with Gasteiger partial charge in [0.15, 0.2) is 34.8 Å². The zero-order valence-electron chi connectivity index (χ0n) is 26.7. The van der Waals surface area contributed by atoms with Crippen LogP contribution in [0.25, 0.3) is 33.1 Å². The molecular weight excluding hydrogens is 723 g/mol. The molecule has 12 heteroatoms. The molecule has 0 unspecified atom stereocenters. The second-order valence-electron chi connectivity index (χ2n) is 12.8. The van der Waals surface area contributed by atoms with Crippen molar-refractivity contribution in [1.82, 2.24) is 0 Å². The number of ketones is 2. The summed E-state index contributed by atoms with van der Waals surface area (Å²) < 4.78 is 57.2. The highest BCUT2D eigenvalue weighted by Gasteiger charge is 2.48. The van der Waals surface area contributed by atoms with Gasteiger partial charge in [-0.05, 0) is 82.1 Å². The first-order chi connectivity index (χ1) is 25.0. The first-order valence-corrected chi connectivity index (χ1v) is 20.1. The number of rotatable bonds is 2. The van der Waals surface area contributed by atoms with E-state index in [2.05, 4.69) is 18.1 Å². The molecule has 250 valence electrons. The first kappa shape index (κ1) is 33.3. The van der Waals surface area contributed by atoms with Crippen molar-refractivity contribution < 1.29 is 27.2 Å². The van der Waals surface area contributed by atoms with Crippen LogP contribution >= 0.6 is 22.7 Å². The molecule has 2 aliphatic heterocycles. The van der Waals surface area contributed by atoms with Crippen LogP contribution in [0.4, 0.5) is 17.6 Å². The summed E-state index contributed by atoms with van der Waals surface area (Å²) in [7, 11) is -2.35. The lowest BCUT2D eigenvalue weighted by Crippen LogP contribution is -2.55. The van der Waals surface area contributed by atoms with Gasteiger partial charge in [-0.2, -0.15) is 15.8 Å². The maximum Gasteiger partial charge on any atom is 0.194 e. The van der Waals surface area contributed by atoms with Crippen molar-refractivity contribution in [3.63, 3.8) is 0 Å². The molecule has 52 heavy (non-hydrogen) atoms. The number of carbonyl (C=O) groups is 2. The SMILES string of the molecule is C#C/C(C#N)=C1\C(=C\c2cc3c(s2)-c2sc(/C=C4\C(=O)c5cc(F)c(F)cc5C4=C(C#N)C#N)cc2[Si]32CCCCC2)C(=O)c2cc(F)c(F)cc21. The Kier molecular flexibility index (Phi) is 7.75. The van der Waals surface area contributed by atoms with Crippen LogP contribution in [-0.4, -0.2) is 19.6 Å². The second kappa shape index (κ2) is 12.1. The highest BCUT2D eigenvalue weighted by molar-refractivity contribution is 7.29. The van der Waals surface area contributed by atoms with Gasteiger partial charge >= 0.3 is 0 Å². The molecule has 0 radical (unpaired) electrons. The van der Waals surface area contributed by atoms with Crippen molar-refractivity contribution in [2.45, 2.75) is 31.4 Å². The minimum atomic E-state index is -2.35. The fraction of sp³-hybridized carbons (Fsp3) is 0.125. The van der Waals surface area contributed by atoms with Crippen LogP contribution in [0.5, 0.6) is 0 Å². The Hall–Kier alpha value is -5.89. The van der Waals surface area contributed by atoms with Gasteiger partial charge in [-0.15, -0.1) is 29.1 Å². The van der Waals surface area contributed by atoms with Crippen molar-refractivity contribution in [3.8, 4) is 40.3 Å². The Bertz CT molecular complexity index is 2490. The van der Waals surface area contributed by atoms with Gasteiger partial charge in [-0.3, -0.25) is 9.59 Å². The van der Waals surface area contributed by atoms with Gasteiger partial charge in [0.05, 0.1) is 0 Å². The Labute approximate surface area is 303 Å². The molecule has 1 saturated heterocycles. The molecule has 0 amide bonds. The summed E-state index contributed by atoms with van der Waals surface area (Å²) >= 11 is 2.87. The number of thiophene rings is 2. The monoisotopic (exact) mass is 741 g/mol. The van der Waals surface area contributed by atoms with Crippen molar-refractivity contribution >= 4 is 76.0 Å². The third-order valence-corrected chi connectivity index (χ3v) is 18.1. The van der Waals surface area contributed by atoms with E-state index >= 15 is 0 Å². The van der Waals surface area contributed by atoms with Gasteiger partial charge in [0.2, 0.25) is 0 Å². The number of terminal acetylenes is 1. The van der Waals surface area contributed by atoms with E-state index in [-0.39, 0.29) is 50.1 Å². The number of nitriles is 3. The molecule has 2 aliphatic carbocycles. The number of Topliss-reactive ketones (excluding diaryl/α,β-unsaturated/α-hetero) is 2. The number of hydrogen-bond acceptors (Lipinski definition) is 7. The molecule has 8 rings (SSSR count). The van der Waals surface area contributed by atoms with E-state index in [0.29, 0.717) is 9.75 Å². The summed E-state index contributed by atoms with van der Waals surface area (Å²) in [5.74, 6) is -3.69. The molecule has 5 nitrogen and oxygen atoms in total. The maximum absolute atomic E-state index is 14.4. The summed E-state index contributed by atoms with van der Waals surface area (Å²) in [4.78, 5) is 30.6. The topological polar surface area (TPSA) is 106 Å². The molecule has 4 aliphatic rings. The average Bonchev–Trinajstić information content (AvgIpc) is 3.91. The molecule has 0 saturated carbocycles. The Morgan fingerprint density at radius 1 is 0.635 bits per heavy atom. The van der Waals surface area contributed by atoms with E-state index in [9.17, 15) is 42.9 Å². The van der Waals surface area contributed by atoms with Crippen LogP contribution < -0.4 is 10.4 Å². The summed E-state index contributed by atoms with van der Waals surface area (Å²) in [6.07, 6.45) is 11.9. The number of benzene rings is 2. The van der Waals surface area contributed by atoms with Gasteiger partial charge in [-0.1, -0.05) is 25.2 Å². The zero-order chi connectivity index (χ0) is 36.6. The van der Waals surface area contributed by atoms with Crippen LogP contribution in [-0.2, 0) is 0 Å². The number of carbonyl (C=O) groups excluding carboxylic acids is 2. The molecule has 4 heterocycles. The average molecular weight is 742 g/mol. The molecule has 0 bridgehead atoms. The third kappa shape index (κ3) is 4.70. The van der Waals surface area contributed by atoms with Crippen molar-refractivity contribution in [2.75, 3.05) is 0 Å². The molecule has 2 aromatic carbocycles. The summed E-state index contributed by atoms with van der Waals surface area (Å²) in [5, 5.41) is 31.7. The lowest BCUT2D eigenvalue weighted by Gasteiger charge is -2.32. The largest absolute Gasteiger partial charge is 0.289 e. The van der Waals surface area contributed by atoms with Crippen LogP contribution in [0, 0.1) is 69.6 Å². The van der Waals surface area contributed by atoms with Gasteiger partial charge in [0, 0.05) is 52.9 Å². The lowest BCUT2D eigenvalue weighted by atomic mass is 9.99. The van der Waals surface area contributed by atoms with Crippen LogP contribution in [0.3, 0.4) is 0 Å². The van der Waals surface area contributed by atoms with E-state index in [4.69, 9.17) is 6.42 Å². The quantitative estimate of drug-likeness (QED) is 0.0675. The highest BCUT2D eigenvalue weighted by atomic mass is 32.1. The van der Waals surface area contributed by atoms with Crippen LogP contribution in [0.15, 0.2) is 58.7 Å². The Morgan fingerprint density at radius 2 is 1.04 bits per heavy atom. The minimum absolute atomic E-state index is 0.00234. The zero-order valence-corrected chi connectivity index (χ0v) is 29.4. The Morgan fingerprint density at radius 3 is 1.44 bits per heavy atom. The fourth-order valence-electron chi connectivity index (χ4n) is 7.94. The van der Waals surface area contributed by atoms with Crippen LogP contribution in [0.1, 0.15) is 60.9 Å². The van der Waals surface area contributed by atoms with E-state index in [1.54, 1.807) is 24.3 Å². The van der Waals surface area contributed by atoms with E-state index < -0.39 is 48.5 Å². The molecular formula is C40H19F4N3O2S2Si. The molecule has 4 aromatic rings. The fourth-order valence-corrected chi connectivity index (χ4v) is 17.3. The van der Waals surface area contributed by atoms with Crippen molar-refractivity contribution in [3.05, 3.63) is 114 Å². The Balaban J connectivity index is 1.28. The van der Waals surface area contributed by atoms with Gasteiger partial charge in [0.1, 0.15) is 37.4 Å². The standard InChI is InChI=1S/C40H19F4N3O2S2Si/c1-2-19(16-45)35-23-12-29(41)31(43)14-25(23)37(48)27(35)8-21-10-33-39(50-21)40-34(52(33)6-4-3-5-7-52)11-22(51-40)9-28-36(20(17-46)18-47)24-13-30(42)32(44)15-26(24)38(28)49/h1,8-15H,3-7H2/b27-8-,28-9-,35-19+. The third-order valence-electron chi connectivity index (χ3n) is 10.2. The predicted molar refractivity (Wildman–Crippen MR) is 193 cm³/mol. The first-order valence-electron chi connectivity index (χ1n) is 16.0. The summed E-state index contributed by atoms with van der Waals surface area (Å²) in [6.45, 7) is 0. The minimum Gasteiger partial charge on any atom is -0.289 e. The van der Waals surface area contributed by atoms with E-state index in [0.717, 1.165) is 65.4 Å². The van der Waals surface area contributed by atoms with Gasteiger partial charge in [0.25, 0.3) is 0 Å². The van der Waals surface area contributed by atoms with Crippen molar-refractivity contribution in [2.24, 2.45) is 0 Å². The predicted octanol–water partition coefficient (Wildman–Crippen LogP) is 8.36. The summed E-state index contributed by atoms with van der Waals surface area (Å²) in [6, 6.07) is 14.9. The number of nitrogens with zero attached hydrogens (tertiary/aromatic N) is 3. The summed E-state index contributed by atoms with van der Waals surface area (Å²) in [5.41, 5.74) is -0.623. The number of halogens is 4.